The lowest BCUT2D eigenvalue weighted by Crippen LogP contribution is -2.42. The Bertz CT molecular complexity index is 488. The molecular weight excluding hydrogens is 307 g/mol. The Balaban J connectivity index is 0.00000220. The van der Waals surface area contributed by atoms with E-state index >= 15 is 0 Å². The molecule has 2 N–H and O–H groups in total. The molecule has 0 saturated carbocycles. The number of rotatable bonds is 2. The Hall–Kier alpha value is -1.34. The summed E-state index contributed by atoms with van der Waals surface area (Å²) in [5.41, 5.74) is 6.46. The van der Waals surface area contributed by atoms with Crippen LogP contribution in [0.15, 0.2) is 18.3 Å². The minimum absolute atomic E-state index is 0. The molecule has 0 aromatic carbocycles. The topological polar surface area (TPSA) is 59.2 Å². The number of alkyl halides is 3. The van der Waals surface area contributed by atoms with Crippen LogP contribution in [0, 0.1) is 5.92 Å². The standard InChI is InChI=1S/C13H16F3N3O.ClH/c14-13(15,16)10-2-5-19(6-3-10)12(20)9-1-4-18-11(7-9)8-17;/h1,4,7,10H,2-3,5-6,8,17H2;1H. The van der Waals surface area contributed by atoms with Crippen molar-refractivity contribution in [2.75, 3.05) is 13.1 Å². The van der Waals surface area contributed by atoms with Gasteiger partial charge in [0.2, 0.25) is 0 Å². The molecule has 0 unspecified atom stereocenters. The molecule has 1 fully saturated rings. The third-order valence-electron chi connectivity index (χ3n) is 3.52. The van der Waals surface area contributed by atoms with Crippen LogP contribution in [0.2, 0.25) is 0 Å². The van der Waals surface area contributed by atoms with Crippen LogP contribution < -0.4 is 5.73 Å². The maximum Gasteiger partial charge on any atom is 0.391 e. The van der Waals surface area contributed by atoms with E-state index in [1.54, 1.807) is 12.1 Å². The highest BCUT2D eigenvalue weighted by Gasteiger charge is 2.41. The van der Waals surface area contributed by atoms with Crippen molar-refractivity contribution in [1.29, 1.82) is 0 Å². The first-order chi connectivity index (χ1) is 9.41. The van der Waals surface area contributed by atoms with E-state index in [1.807, 2.05) is 0 Å². The van der Waals surface area contributed by atoms with E-state index in [4.69, 9.17) is 5.73 Å². The van der Waals surface area contributed by atoms with Gasteiger partial charge in [-0.15, -0.1) is 12.4 Å². The highest BCUT2D eigenvalue weighted by Crippen LogP contribution is 2.34. The number of likely N-dealkylation sites (tertiary alicyclic amines) is 1. The molecule has 8 heteroatoms. The molecule has 118 valence electrons. The van der Waals surface area contributed by atoms with Gasteiger partial charge in [0.15, 0.2) is 0 Å². The number of nitrogens with zero attached hydrogens (tertiary/aromatic N) is 2. The van der Waals surface area contributed by atoms with Crippen molar-refractivity contribution in [3.8, 4) is 0 Å². The molecule has 0 spiro atoms. The monoisotopic (exact) mass is 323 g/mol. The van der Waals surface area contributed by atoms with E-state index in [2.05, 4.69) is 4.98 Å². The molecule has 4 nitrogen and oxygen atoms in total. The number of hydrogen-bond acceptors (Lipinski definition) is 3. The first-order valence-corrected chi connectivity index (χ1v) is 6.43. The summed E-state index contributed by atoms with van der Waals surface area (Å²) in [4.78, 5) is 17.6. The second-order valence-corrected chi connectivity index (χ2v) is 4.85. The molecule has 0 atom stereocenters. The second-order valence-electron chi connectivity index (χ2n) is 4.85. The molecule has 0 radical (unpaired) electrons. The number of pyridine rings is 1. The van der Waals surface area contributed by atoms with E-state index in [1.165, 1.54) is 11.1 Å². The van der Waals surface area contributed by atoms with Crippen molar-refractivity contribution in [2.24, 2.45) is 11.7 Å². The maximum atomic E-state index is 12.6. The molecule has 0 bridgehead atoms. The molecular formula is C13H17ClF3N3O. The van der Waals surface area contributed by atoms with Crippen molar-refractivity contribution in [3.63, 3.8) is 0 Å². The Morgan fingerprint density at radius 1 is 1.38 bits per heavy atom. The molecule has 2 heterocycles. The van der Waals surface area contributed by atoms with E-state index in [9.17, 15) is 18.0 Å². The van der Waals surface area contributed by atoms with E-state index in [0.717, 1.165) is 0 Å². The summed E-state index contributed by atoms with van der Waals surface area (Å²) in [5.74, 6) is -1.56. The van der Waals surface area contributed by atoms with Gasteiger partial charge in [0.25, 0.3) is 5.91 Å². The molecule has 1 saturated heterocycles. The zero-order chi connectivity index (χ0) is 14.8. The third kappa shape index (κ3) is 4.31. The number of carbonyl (C=O) groups excluding carboxylic acids is 1. The zero-order valence-corrected chi connectivity index (χ0v) is 12.1. The zero-order valence-electron chi connectivity index (χ0n) is 11.3. The normalized spacial score (nSPS) is 16.5. The summed E-state index contributed by atoms with van der Waals surface area (Å²) in [5, 5.41) is 0. The highest BCUT2D eigenvalue weighted by atomic mass is 35.5. The lowest BCUT2D eigenvalue weighted by atomic mass is 9.96. The number of nitrogens with two attached hydrogens (primary N) is 1. The Kier molecular flexibility index (Phi) is 5.98. The number of aromatic nitrogens is 1. The Morgan fingerprint density at radius 3 is 2.52 bits per heavy atom. The van der Waals surface area contributed by atoms with Gasteiger partial charge >= 0.3 is 6.18 Å². The summed E-state index contributed by atoms with van der Waals surface area (Å²) in [6, 6.07) is 3.13. The smallest absolute Gasteiger partial charge is 0.339 e. The molecule has 1 amide bonds. The lowest BCUT2D eigenvalue weighted by Gasteiger charge is -2.33. The fraction of sp³-hybridized carbons (Fsp3) is 0.538. The van der Waals surface area contributed by atoms with Gasteiger partial charge in [-0.2, -0.15) is 13.2 Å². The molecule has 1 aliphatic rings. The van der Waals surface area contributed by atoms with Crippen LogP contribution in [0.3, 0.4) is 0 Å². The van der Waals surface area contributed by atoms with Gasteiger partial charge < -0.3 is 10.6 Å². The maximum absolute atomic E-state index is 12.6. The van der Waals surface area contributed by atoms with Crippen molar-refractivity contribution in [3.05, 3.63) is 29.6 Å². The second kappa shape index (κ2) is 7.09. The molecule has 1 aromatic heterocycles. The van der Waals surface area contributed by atoms with Gasteiger partial charge in [0, 0.05) is 31.4 Å². The fourth-order valence-electron chi connectivity index (χ4n) is 2.32. The lowest BCUT2D eigenvalue weighted by molar-refractivity contribution is -0.183. The Morgan fingerprint density at radius 2 is 2.00 bits per heavy atom. The highest BCUT2D eigenvalue weighted by molar-refractivity contribution is 5.94. The third-order valence-corrected chi connectivity index (χ3v) is 3.52. The van der Waals surface area contributed by atoms with Crippen molar-refractivity contribution >= 4 is 18.3 Å². The first kappa shape index (κ1) is 17.7. The predicted molar refractivity (Wildman–Crippen MR) is 74.1 cm³/mol. The van der Waals surface area contributed by atoms with Crippen LogP contribution in [0.4, 0.5) is 13.2 Å². The minimum Gasteiger partial charge on any atom is -0.339 e. The van der Waals surface area contributed by atoms with E-state index in [-0.39, 0.29) is 50.8 Å². The van der Waals surface area contributed by atoms with Gasteiger partial charge in [-0.25, -0.2) is 0 Å². The summed E-state index contributed by atoms with van der Waals surface area (Å²) >= 11 is 0. The van der Waals surface area contributed by atoms with Crippen molar-refractivity contribution in [2.45, 2.75) is 25.6 Å². The number of piperidine rings is 1. The quantitative estimate of drug-likeness (QED) is 0.909. The largest absolute Gasteiger partial charge is 0.391 e. The number of hydrogen-bond donors (Lipinski definition) is 1. The van der Waals surface area contributed by atoms with Gasteiger partial charge in [0.05, 0.1) is 11.6 Å². The summed E-state index contributed by atoms with van der Waals surface area (Å²) in [6.07, 6.45) is -2.76. The molecule has 1 aliphatic heterocycles. The number of carbonyl (C=O) groups is 1. The van der Waals surface area contributed by atoms with E-state index < -0.39 is 12.1 Å². The number of halogens is 4. The van der Waals surface area contributed by atoms with Gasteiger partial charge in [-0.05, 0) is 25.0 Å². The molecule has 21 heavy (non-hydrogen) atoms. The predicted octanol–water partition coefficient (Wildman–Crippen LogP) is 2.38. The number of amides is 1. The van der Waals surface area contributed by atoms with Crippen molar-refractivity contribution < 1.29 is 18.0 Å². The summed E-state index contributed by atoms with van der Waals surface area (Å²) in [7, 11) is 0. The average molecular weight is 324 g/mol. The van der Waals surface area contributed by atoms with Gasteiger partial charge in [-0.3, -0.25) is 9.78 Å². The van der Waals surface area contributed by atoms with Crippen LogP contribution in [-0.4, -0.2) is 35.1 Å². The summed E-state index contributed by atoms with van der Waals surface area (Å²) < 4.78 is 37.7. The minimum atomic E-state index is -4.17. The summed E-state index contributed by atoms with van der Waals surface area (Å²) in [6.45, 7) is 0.476. The average Bonchev–Trinajstić information content (AvgIpc) is 2.46. The van der Waals surface area contributed by atoms with Crippen LogP contribution in [0.1, 0.15) is 28.9 Å². The molecule has 1 aromatic rings. The van der Waals surface area contributed by atoms with Crippen LogP contribution in [0.5, 0.6) is 0 Å². The van der Waals surface area contributed by atoms with Crippen LogP contribution >= 0.6 is 12.4 Å². The molecule has 2 rings (SSSR count). The van der Waals surface area contributed by atoms with Crippen LogP contribution in [0.25, 0.3) is 0 Å². The Labute approximate surface area is 126 Å². The van der Waals surface area contributed by atoms with Crippen LogP contribution in [-0.2, 0) is 6.54 Å². The van der Waals surface area contributed by atoms with Crippen molar-refractivity contribution in [1.82, 2.24) is 9.88 Å². The first-order valence-electron chi connectivity index (χ1n) is 6.43. The van der Waals surface area contributed by atoms with E-state index in [0.29, 0.717) is 11.3 Å². The fourth-order valence-corrected chi connectivity index (χ4v) is 2.32. The molecule has 0 aliphatic carbocycles. The van der Waals surface area contributed by atoms with Gasteiger partial charge in [0.1, 0.15) is 0 Å². The van der Waals surface area contributed by atoms with Gasteiger partial charge in [-0.1, -0.05) is 0 Å². The SMILES string of the molecule is Cl.NCc1cc(C(=O)N2CCC(C(F)(F)F)CC2)ccn1.